The van der Waals surface area contributed by atoms with Crippen molar-refractivity contribution in [3.63, 3.8) is 0 Å². The number of amides is 1. The number of carbonyl (C=O) groups is 1. The molecule has 0 radical (unpaired) electrons. The van der Waals surface area contributed by atoms with Crippen molar-refractivity contribution in [2.24, 2.45) is 0 Å². The van der Waals surface area contributed by atoms with E-state index in [1.807, 2.05) is 36.2 Å². The van der Waals surface area contributed by atoms with E-state index in [4.69, 9.17) is 4.52 Å². The molecule has 1 saturated heterocycles. The minimum absolute atomic E-state index is 0.113. The van der Waals surface area contributed by atoms with Crippen LogP contribution in [0.2, 0.25) is 0 Å². The highest BCUT2D eigenvalue weighted by Crippen LogP contribution is 2.32. The van der Waals surface area contributed by atoms with Crippen LogP contribution in [0.3, 0.4) is 0 Å². The molecule has 1 aliphatic heterocycles. The normalized spacial score (nSPS) is 16.7. The van der Waals surface area contributed by atoms with Crippen molar-refractivity contribution < 1.29 is 9.32 Å². The van der Waals surface area contributed by atoms with Gasteiger partial charge in [0.05, 0.1) is 17.7 Å². The number of likely N-dealkylation sites (tertiary alicyclic amines) is 1. The number of hydrogen-bond donors (Lipinski definition) is 1. The standard InChI is InChI=1S/C23H24N6O2/c1-2-20-27-23(28-31-20)18-12-24-14-26-22(18)15-6-5-9-29(13-15)21(30)10-16-11-25-19-8-4-3-7-17(16)19/h3-4,7-8,11-12,14-15,25H,2,5-6,9-10,13H2,1H3/t15-/m1/s1. The Morgan fingerprint density at radius 1 is 1.32 bits per heavy atom. The molecule has 1 atom stereocenters. The number of nitrogens with one attached hydrogen (secondary N) is 1. The Bertz CT molecular complexity index is 1210. The number of aryl methyl sites for hydroxylation is 1. The number of carbonyl (C=O) groups excluding carboxylic acids is 1. The van der Waals surface area contributed by atoms with Crippen LogP contribution < -0.4 is 0 Å². The van der Waals surface area contributed by atoms with E-state index in [2.05, 4.69) is 31.2 Å². The van der Waals surface area contributed by atoms with Gasteiger partial charge in [0.15, 0.2) is 0 Å². The Morgan fingerprint density at radius 2 is 2.23 bits per heavy atom. The van der Waals surface area contributed by atoms with Gasteiger partial charge >= 0.3 is 0 Å². The van der Waals surface area contributed by atoms with Gasteiger partial charge in [-0.15, -0.1) is 0 Å². The highest BCUT2D eigenvalue weighted by Gasteiger charge is 2.29. The zero-order chi connectivity index (χ0) is 21.2. The number of rotatable bonds is 5. The molecule has 1 amide bonds. The molecule has 0 spiro atoms. The van der Waals surface area contributed by atoms with Crippen LogP contribution in [0.15, 0.2) is 47.5 Å². The molecule has 5 rings (SSSR count). The summed E-state index contributed by atoms with van der Waals surface area (Å²) in [6.07, 6.45) is 8.17. The summed E-state index contributed by atoms with van der Waals surface area (Å²) in [5, 5.41) is 5.20. The predicted molar refractivity (Wildman–Crippen MR) is 115 cm³/mol. The third-order valence-corrected chi connectivity index (χ3v) is 5.93. The topological polar surface area (TPSA) is 101 Å². The van der Waals surface area contributed by atoms with E-state index in [1.54, 1.807) is 12.5 Å². The highest BCUT2D eigenvalue weighted by molar-refractivity contribution is 5.89. The fraction of sp³-hybridized carbons (Fsp3) is 0.348. The fourth-order valence-corrected chi connectivity index (χ4v) is 4.32. The highest BCUT2D eigenvalue weighted by atomic mass is 16.5. The molecule has 158 valence electrons. The number of H-pyrrole nitrogens is 1. The van der Waals surface area contributed by atoms with E-state index in [1.165, 1.54) is 0 Å². The summed E-state index contributed by atoms with van der Waals surface area (Å²) in [7, 11) is 0. The molecule has 3 aromatic heterocycles. The molecule has 1 N–H and O–H groups in total. The van der Waals surface area contributed by atoms with E-state index in [9.17, 15) is 4.79 Å². The summed E-state index contributed by atoms with van der Waals surface area (Å²) in [4.78, 5) is 31.5. The summed E-state index contributed by atoms with van der Waals surface area (Å²) in [5.41, 5.74) is 3.74. The van der Waals surface area contributed by atoms with Crippen LogP contribution in [0.5, 0.6) is 0 Å². The molecule has 1 aliphatic rings. The van der Waals surface area contributed by atoms with Crippen molar-refractivity contribution in [1.29, 1.82) is 0 Å². The number of benzene rings is 1. The maximum atomic E-state index is 13.1. The Kier molecular flexibility index (Phi) is 5.19. The summed E-state index contributed by atoms with van der Waals surface area (Å²) >= 11 is 0. The van der Waals surface area contributed by atoms with E-state index in [-0.39, 0.29) is 11.8 Å². The van der Waals surface area contributed by atoms with Crippen LogP contribution in [-0.2, 0) is 17.6 Å². The minimum atomic E-state index is 0.113. The molecule has 4 aromatic rings. The SMILES string of the molecule is CCc1nc(-c2cncnc2[C@@H]2CCCN(C(=O)Cc3c[nH]c4ccccc34)C2)no1. The molecule has 0 bridgehead atoms. The number of fused-ring (bicyclic) bond motifs is 1. The number of para-hydroxylation sites is 1. The number of piperidine rings is 1. The second-order valence-corrected chi connectivity index (χ2v) is 7.90. The zero-order valence-electron chi connectivity index (χ0n) is 17.4. The van der Waals surface area contributed by atoms with Crippen LogP contribution in [0.4, 0.5) is 0 Å². The maximum Gasteiger partial charge on any atom is 0.227 e. The van der Waals surface area contributed by atoms with Crippen LogP contribution in [0, 0.1) is 0 Å². The van der Waals surface area contributed by atoms with Crippen LogP contribution in [-0.4, -0.2) is 49.0 Å². The third-order valence-electron chi connectivity index (χ3n) is 5.93. The van der Waals surface area contributed by atoms with Crippen molar-refractivity contribution in [3.8, 4) is 11.4 Å². The van der Waals surface area contributed by atoms with E-state index >= 15 is 0 Å². The lowest BCUT2D eigenvalue weighted by molar-refractivity contribution is -0.131. The first kappa shape index (κ1) is 19.4. The monoisotopic (exact) mass is 416 g/mol. The van der Waals surface area contributed by atoms with Gasteiger partial charge in [-0.05, 0) is 24.5 Å². The Balaban J connectivity index is 1.35. The average molecular weight is 416 g/mol. The van der Waals surface area contributed by atoms with Crippen molar-refractivity contribution in [1.82, 2.24) is 30.0 Å². The lowest BCUT2D eigenvalue weighted by Crippen LogP contribution is -2.40. The first-order valence-electron chi connectivity index (χ1n) is 10.7. The van der Waals surface area contributed by atoms with Gasteiger partial charge in [0.2, 0.25) is 17.6 Å². The van der Waals surface area contributed by atoms with Gasteiger partial charge in [-0.3, -0.25) is 4.79 Å². The summed E-state index contributed by atoms with van der Waals surface area (Å²) in [6, 6.07) is 8.07. The minimum Gasteiger partial charge on any atom is -0.361 e. The molecule has 1 fully saturated rings. The number of nitrogens with zero attached hydrogens (tertiary/aromatic N) is 5. The second kappa shape index (κ2) is 8.29. The number of aromatic nitrogens is 5. The molecule has 0 aliphatic carbocycles. The number of aromatic amines is 1. The summed E-state index contributed by atoms with van der Waals surface area (Å²) in [6.45, 7) is 3.36. The first-order chi connectivity index (χ1) is 15.2. The molecular formula is C23H24N6O2. The van der Waals surface area contributed by atoms with Crippen molar-refractivity contribution in [3.05, 3.63) is 60.1 Å². The predicted octanol–water partition coefficient (Wildman–Crippen LogP) is 3.52. The molecule has 0 saturated carbocycles. The summed E-state index contributed by atoms with van der Waals surface area (Å²) < 4.78 is 5.28. The molecule has 8 nitrogen and oxygen atoms in total. The van der Waals surface area contributed by atoms with Gasteiger partial charge in [-0.2, -0.15) is 4.98 Å². The maximum absolute atomic E-state index is 13.1. The fourth-order valence-electron chi connectivity index (χ4n) is 4.32. The molecular weight excluding hydrogens is 392 g/mol. The quantitative estimate of drug-likeness (QED) is 0.534. The zero-order valence-corrected chi connectivity index (χ0v) is 17.4. The van der Waals surface area contributed by atoms with Gasteiger partial charge in [-0.1, -0.05) is 30.3 Å². The molecule has 8 heteroatoms. The Hall–Kier alpha value is -3.55. The van der Waals surface area contributed by atoms with E-state index < -0.39 is 0 Å². The van der Waals surface area contributed by atoms with Gasteiger partial charge < -0.3 is 14.4 Å². The molecule has 1 aromatic carbocycles. The lowest BCUT2D eigenvalue weighted by Gasteiger charge is -2.33. The second-order valence-electron chi connectivity index (χ2n) is 7.90. The Morgan fingerprint density at radius 3 is 3.10 bits per heavy atom. The van der Waals surface area contributed by atoms with Gasteiger partial charge in [-0.25, -0.2) is 9.97 Å². The van der Waals surface area contributed by atoms with E-state index in [0.717, 1.165) is 47.1 Å². The van der Waals surface area contributed by atoms with Crippen molar-refractivity contribution in [2.45, 2.75) is 38.5 Å². The van der Waals surface area contributed by atoms with Crippen molar-refractivity contribution in [2.75, 3.05) is 13.1 Å². The van der Waals surface area contributed by atoms with E-state index in [0.29, 0.717) is 31.1 Å². The third kappa shape index (κ3) is 3.81. The van der Waals surface area contributed by atoms with Crippen LogP contribution in [0.1, 0.15) is 42.8 Å². The lowest BCUT2D eigenvalue weighted by atomic mass is 9.91. The van der Waals surface area contributed by atoms with Crippen LogP contribution >= 0.6 is 0 Å². The summed E-state index contributed by atoms with van der Waals surface area (Å²) in [5.74, 6) is 1.35. The van der Waals surface area contributed by atoms with Gasteiger partial charge in [0.1, 0.15) is 6.33 Å². The Labute approximate surface area is 179 Å². The van der Waals surface area contributed by atoms with Gasteiger partial charge in [0.25, 0.3) is 0 Å². The van der Waals surface area contributed by atoms with Crippen molar-refractivity contribution >= 4 is 16.8 Å². The van der Waals surface area contributed by atoms with Crippen LogP contribution in [0.25, 0.3) is 22.3 Å². The molecule has 0 unspecified atom stereocenters. The smallest absolute Gasteiger partial charge is 0.227 e. The average Bonchev–Trinajstić information content (AvgIpc) is 3.47. The first-order valence-corrected chi connectivity index (χ1v) is 10.7. The number of hydrogen-bond acceptors (Lipinski definition) is 6. The molecule has 31 heavy (non-hydrogen) atoms. The molecule has 4 heterocycles. The largest absolute Gasteiger partial charge is 0.361 e. The van der Waals surface area contributed by atoms with Gasteiger partial charge in [0, 0.05) is 48.7 Å².